The number of anilines is 1. The van der Waals surface area contributed by atoms with E-state index in [1.54, 1.807) is 6.92 Å². The van der Waals surface area contributed by atoms with Crippen LogP contribution in [-0.4, -0.2) is 46.7 Å². The van der Waals surface area contributed by atoms with E-state index >= 15 is 0 Å². The highest BCUT2D eigenvalue weighted by atomic mass is 16.1. The molecule has 1 aliphatic rings. The Morgan fingerprint density at radius 3 is 2.74 bits per heavy atom. The van der Waals surface area contributed by atoms with Crippen LogP contribution in [0.4, 0.5) is 5.82 Å². The fraction of sp³-hybridized carbons (Fsp3) is 0.692. The summed E-state index contributed by atoms with van der Waals surface area (Å²) in [7, 11) is 0. The largest absolute Gasteiger partial charge is 0.382 e. The van der Waals surface area contributed by atoms with Crippen LogP contribution < -0.4 is 11.1 Å². The molecule has 0 spiro atoms. The molecule has 1 atom stereocenters. The lowest BCUT2D eigenvalue weighted by Gasteiger charge is -2.29. The second kappa shape index (κ2) is 6.06. The lowest BCUT2D eigenvalue weighted by molar-refractivity contribution is 0.0926. The first-order chi connectivity index (χ1) is 9.08. The number of aromatic nitrogens is 2. The number of carbonyl (C=O) groups is 1. The van der Waals surface area contributed by atoms with Crippen LogP contribution in [0.2, 0.25) is 0 Å². The maximum Gasteiger partial charge on any atom is 0.257 e. The van der Waals surface area contributed by atoms with Gasteiger partial charge in [-0.15, -0.1) is 0 Å². The van der Waals surface area contributed by atoms with Crippen LogP contribution in [0.1, 0.15) is 42.2 Å². The first-order valence-electron chi connectivity index (χ1n) is 6.91. The molecule has 2 heterocycles. The molecule has 4 N–H and O–H groups in total. The first kappa shape index (κ1) is 13.9. The summed E-state index contributed by atoms with van der Waals surface area (Å²) in [6.45, 7) is 6.98. The summed E-state index contributed by atoms with van der Waals surface area (Å²) < 4.78 is 0. The third-order valence-corrected chi connectivity index (χ3v) is 3.56. The van der Waals surface area contributed by atoms with Crippen LogP contribution in [-0.2, 0) is 0 Å². The van der Waals surface area contributed by atoms with Gasteiger partial charge in [0.05, 0.1) is 0 Å². The van der Waals surface area contributed by atoms with Gasteiger partial charge in [-0.1, -0.05) is 6.42 Å². The van der Waals surface area contributed by atoms with Crippen LogP contribution in [0.25, 0.3) is 0 Å². The second-order valence-electron chi connectivity index (χ2n) is 5.34. The van der Waals surface area contributed by atoms with Crippen LogP contribution >= 0.6 is 0 Å². The average Bonchev–Trinajstić information content (AvgIpc) is 2.70. The van der Waals surface area contributed by atoms with E-state index in [2.05, 4.69) is 20.4 Å². The molecule has 1 unspecified atom stereocenters. The Labute approximate surface area is 113 Å². The smallest absolute Gasteiger partial charge is 0.257 e. The lowest BCUT2D eigenvalue weighted by Crippen LogP contribution is -2.43. The molecular formula is C13H23N5O. The molecule has 6 heteroatoms. The first-order valence-corrected chi connectivity index (χ1v) is 6.91. The number of amides is 1. The minimum atomic E-state index is -0.145. The number of carbonyl (C=O) groups excluding carboxylic acids is 1. The lowest BCUT2D eigenvalue weighted by atomic mass is 10.1. The topological polar surface area (TPSA) is 87.0 Å². The van der Waals surface area contributed by atoms with Gasteiger partial charge in [-0.25, -0.2) is 0 Å². The van der Waals surface area contributed by atoms with E-state index in [0.717, 1.165) is 19.6 Å². The summed E-state index contributed by atoms with van der Waals surface area (Å²) in [5.74, 6) is 0.119. The van der Waals surface area contributed by atoms with Crippen molar-refractivity contribution in [2.75, 3.05) is 25.4 Å². The molecular weight excluding hydrogens is 242 g/mol. The van der Waals surface area contributed by atoms with Gasteiger partial charge in [-0.2, -0.15) is 5.10 Å². The highest BCUT2D eigenvalue weighted by Crippen LogP contribution is 2.13. The number of H-pyrrole nitrogens is 1. The van der Waals surface area contributed by atoms with Gasteiger partial charge in [-0.3, -0.25) is 9.89 Å². The Balaban J connectivity index is 1.88. The minimum Gasteiger partial charge on any atom is -0.382 e. The summed E-state index contributed by atoms with van der Waals surface area (Å²) in [6, 6.07) is 0.110. The summed E-state index contributed by atoms with van der Waals surface area (Å²) >= 11 is 0. The maximum absolute atomic E-state index is 12.1. The Kier molecular flexibility index (Phi) is 4.42. The Hall–Kier alpha value is -1.56. The van der Waals surface area contributed by atoms with Crippen molar-refractivity contribution in [3.63, 3.8) is 0 Å². The van der Waals surface area contributed by atoms with Crippen molar-refractivity contribution >= 4 is 11.7 Å². The van der Waals surface area contributed by atoms with E-state index in [0.29, 0.717) is 11.3 Å². The van der Waals surface area contributed by atoms with Crippen LogP contribution in [0.3, 0.4) is 0 Å². The van der Waals surface area contributed by atoms with Crippen LogP contribution in [0, 0.1) is 6.92 Å². The van der Waals surface area contributed by atoms with Gasteiger partial charge in [-0.05, 0) is 39.8 Å². The van der Waals surface area contributed by atoms with E-state index in [4.69, 9.17) is 5.73 Å². The van der Waals surface area contributed by atoms with Gasteiger partial charge in [0.15, 0.2) is 5.82 Å². The fourth-order valence-electron chi connectivity index (χ4n) is 2.61. The van der Waals surface area contributed by atoms with Gasteiger partial charge in [0, 0.05) is 18.3 Å². The number of nitrogen functional groups attached to an aromatic ring is 1. The number of likely N-dealkylation sites (tertiary alicyclic amines) is 1. The molecule has 2 rings (SSSR count). The zero-order valence-corrected chi connectivity index (χ0v) is 11.7. The molecule has 1 aromatic heterocycles. The predicted molar refractivity (Wildman–Crippen MR) is 75.0 cm³/mol. The molecule has 0 radical (unpaired) electrons. The summed E-state index contributed by atoms with van der Waals surface area (Å²) in [5, 5.41) is 9.56. The van der Waals surface area contributed by atoms with Crippen LogP contribution in [0.15, 0.2) is 0 Å². The number of hydrogen-bond acceptors (Lipinski definition) is 4. The molecule has 0 saturated carbocycles. The average molecular weight is 265 g/mol. The van der Waals surface area contributed by atoms with Crippen molar-refractivity contribution in [3.05, 3.63) is 11.3 Å². The third kappa shape index (κ3) is 3.47. The number of nitrogens with two attached hydrogens (primary N) is 1. The molecule has 0 aromatic carbocycles. The number of rotatable bonds is 4. The molecule has 1 aliphatic heterocycles. The number of piperidine rings is 1. The molecule has 1 saturated heterocycles. The van der Waals surface area contributed by atoms with Gasteiger partial charge >= 0.3 is 0 Å². The zero-order valence-electron chi connectivity index (χ0n) is 11.7. The highest BCUT2D eigenvalue weighted by Gasteiger charge is 2.19. The molecule has 0 aliphatic carbocycles. The van der Waals surface area contributed by atoms with Crippen molar-refractivity contribution in [1.82, 2.24) is 20.4 Å². The van der Waals surface area contributed by atoms with E-state index in [1.165, 1.54) is 19.3 Å². The molecule has 1 amide bonds. The standard InChI is InChI=1S/C13H23N5O/c1-9(8-18-6-4-3-5-7-18)15-13(19)11-10(2)16-17-12(11)14/h9H,3-8H2,1-2H3,(H,15,19)(H3,14,16,17). The predicted octanol–water partition coefficient (Wildman–Crippen LogP) is 0.905. The van der Waals surface area contributed by atoms with Crippen molar-refractivity contribution in [2.24, 2.45) is 0 Å². The van der Waals surface area contributed by atoms with Gasteiger partial charge in [0.1, 0.15) is 5.56 Å². The SMILES string of the molecule is Cc1[nH]nc(N)c1C(=O)NC(C)CN1CCCCC1. The van der Waals surface area contributed by atoms with Gasteiger partial charge in [0.2, 0.25) is 0 Å². The third-order valence-electron chi connectivity index (χ3n) is 3.56. The number of nitrogens with zero attached hydrogens (tertiary/aromatic N) is 2. The maximum atomic E-state index is 12.1. The highest BCUT2D eigenvalue weighted by molar-refractivity contribution is 5.99. The number of hydrogen-bond donors (Lipinski definition) is 3. The normalized spacial score (nSPS) is 18.2. The van der Waals surface area contributed by atoms with E-state index < -0.39 is 0 Å². The second-order valence-corrected chi connectivity index (χ2v) is 5.34. The fourth-order valence-corrected chi connectivity index (χ4v) is 2.61. The quantitative estimate of drug-likeness (QED) is 0.755. The molecule has 19 heavy (non-hydrogen) atoms. The molecule has 1 fully saturated rings. The summed E-state index contributed by atoms with van der Waals surface area (Å²) in [4.78, 5) is 14.5. The van der Waals surface area contributed by atoms with Crippen molar-refractivity contribution in [1.29, 1.82) is 0 Å². The summed E-state index contributed by atoms with van der Waals surface area (Å²) in [6.07, 6.45) is 3.84. The number of nitrogens with one attached hydrogen (secondary N) is 2. The van der Waals surface area contributed by atoms with Crippen molar-refractivity contribution < 1.29 is 4.79 Å². The number of aromatic amines is 1. The molecule has 1 aromatic rings. The van der Waals surface area contributed by atoms with E-state index in [1.807, 2.05) is 6.92 Å². The molecule has 0 bridgehead atoms. The summed E-state index contributed by atoms with van der Waals surface area (Å²) in [5.41, 5.74) is 6.86. The van der Waals surface area contributed by atoms with Crippen LogP contribution in [0.5, 0.6) is 0 Å². The van der Waals surface area contributed by atoms with E-state index in [9.17, 15) is 4.79 Å². The van der Waals surface area contributed by atoms with E-state index in [-0.39, 0.29) is 17.8 Å². The zero-order chi connectivity index (χ0) is 13.8. The molecule has 106 valence electrons. The Bertz CT molecular complexity index is 417. The van der Waals surface area contributed by atoms with Gasteiger partial charge < -0.3 is 16.0 Å². The Morgan fingerprint density at radius 1 is 1.47 bits per heavy atom. The Morgan fingerprint density at radius 2 is 2.16 bits per heavy atom. The molecule has 6 nitrogen and oxygen atoms in total. The number of aryl methyl sites for hydroxylation is 1. The van der Waals surface area contributed by atoms with Crippen molar-refractivity contribution in [3.8, 4) is 0 Å². The van der Waals surface area contributed by atoms with Gasteiger partial charge in [0.25, 0.3) is 5.91 Å². The van der Waals surface area contributed by atoms with Crippen molar-refractivity contribution in [2.45, 2.75) is 39.2 Å². The monoisotopic (exact) mass is 265 g/mol. The minimum absolute atomic E-state index is 0.110.